The van der Waals surface area contributed by atoms with Crippen molar-refractivity contribution in [3.63, 3.8) is 0 Å². The molecule has 1 aromatic carbocycles. The number of rotatable bonds is 8. The molecule has 0 radical (unpaired) electrons. The Hall–Kier alpha value is -2.18. The first-order valence-electron chi connectivity index (χ1n) is 7.85. The molecule has 0 bridgehead atoms. The molecule has 0 amide bonds. The number of hydrogen-bond acceptors (Lipinski definition) is 4. The molecule has 0 aliphatic rings. The summed E-state index contributed by atoms with van der Waals surface area (Å²) in [6, 6.07) is 6.50. The highest BCUT2D eigenvalue weighted by molar-refractivity contribution is 5.94. The van der Waals surface area contributed by atoms with Gasteiger partial charge in [0, 0.05) is 24.4 Å². The number of carboxylic acid groups (broad SMARTS) is 1. The summed E-state index contributed by atoms with van der Waals surface area (Å²) in [6.45, 7) is 0.637. The molecule has 1 aromatic heterocycles. The summed E-state index contributed by atoms with van der Waals surface area (Å²) < 4.78 is 1.61. The Bertz CT molecular complexity index is 693. The van der Waals surface area contributed by atoms with Crippen LogP contribution in [0.25, 0.3) is 10.9 Å². The molecule has 124 valence electrons. The molecule has 1 unspecified atom stereocenters. The van der Waals surface area contributed by atoms with Gasteiger partial charge in [0.15, 0.2) is 0 Å². The van der Waals surface area contributed by atoms with Gasteiger partial charge in [-0.3, -0.25) is 14.2 Å². The van der Waals surface area contributed by atoms with Crippen LogP contribution in [-0.4, -0.2) is 34.1 Å². The SMILES string of the molecule is NCCCCCC(=O)n1cc(CC(N)C(=O)O)c2ccccc21. The lowest BCUT2D eigenvalue weighted by molar-refractivity contribution is -0.138. The van der Waals surface area contributed by atoms with E-state index in [4.69, 9.17) is 16.6 Å². The minimum absolute atomic E-state index is 0.00775. The van der Waals surface area contributed by atoms with E-state index in [0.29, 0.717) is 13.0 Å². The van der Waals surface area contributed by atoms with E-state index < -0.39 is 12.0 Å². The second kappa shape index (κ2) is 7.89. The fourth-order valence-electron chi connectivity index (χ4n) is 2.66. The standard InChI is InChI=1S/C17H23N3O3/c18-9-5-1-2-8-16(21)20-11-12(10-14(19)17(22)23)13-6-3-4-7-15(13)20/h3-4,6-7,11,14H,1-2,5,8-10,18-19H2,(H,22,23). The van der Waals surface area contributed by atoms with Crippen LogP contribution in [0.15, 0.2) is 30.5 Å². The molecule has 0 aliphatic carbocycles. The van der Waals surface area contributed by atoms with Crippen molar-refractivity contribution < 1.29 is 14.7 Å². The number of unbranched alkanes of at least 4 members (excludes halogenated alkanes) is 2. The molecule has 0 fully saturated rings. The summed E-state index contributed by atoms with van der Waals surface area (Å²) in [7, 11) is 0. The number of aromatic nitrogens is 1. The predicted molar refractivity (Wildman–Crippen MR) is 89.4 cm³/mol. The van der Waals surface area contributed by atoms with Gasteiger partial charge in [-0.15, -0.1) is 0 Å². The fourth-order valence-corrected chi connectivity index (χ4v) is 2.66. The van der Waals surface area contributed by atoms with Crippen molar-refractivity contribution in [2.75, 3.05) is 6.54 Å². The summed E-state index contributed by atoms with van der Waals surface area (Å²) in [5.41, 5.74) is 12.7. The minimum atomic E-state index is -1.05. The molecule has 1 heterocycles. The third-order valence-corrected chi connectivity index (χ3v) is 3.91. The van der Waals surface area contributed by atoms with Gasteiger partial charge in [-0.25, -0.2) is 0 Å². The number of carbonyl (C=O) groups excluding carboxylic acids is 1. The molecule has 0 spiro atoms. The monoisotopic (exact) mass is 317 g/mol. The molecule has 1 atom stereocenters. The number of nitrogens with zero attached hydrogens (tertiary/aromatic N) is 1. The second-order valence-corrected chi connectivity index (χ2v) is 5.68. The Labute approximate surface area is 135 Å². The van der Waals surface area contributed by atoms with Gasteiger partial charge >= 0.3 is 5.97 Å². The van der Waals surface area contributed by atoms with Gasteiger partial charge < -0.3 is 16.6 Å². The molecule has 2 aromatic rings. The summed E-state index contributed by atoms with van der Waals surface area (Å²) >= 11 is 0. The van der Waals surface area contributed by atoms with Gasteiger partial charge in [-0.05, 0) is 31.0 Å². The highest BCUT2D eigenvalue weighted by atomic mass is 16.4. The molecular weight excluding hydrogens is 294 g/mol. The molecule has 2 rings (SSSR count). The van der Waals surface area contributed by atoms with Crippen LogP contribution in [0.2, 0.25) is 0 Å². The van der Waals surface area contributed by atoms with Crippen LogP contribution in [-0.2, 0) is 11.2 Å². The van der Waals surface area contributed by atoms with E-state index in [1.54, 1.807) is 10.8 Å². The first-order valence-corrected chi connectivity index (χ1v) is 7.85. The van der Waals surface area contributed by atoms with Crippen LogP contribution in [0.5, 0.6) is 0 Å². The van der Waals surface area contributed by atoms with Gasteiger partial charge in [-0.1, -0.05) is 24.6 Å². The van der Waals surface area contributed by atoms with Crippen molar-refractivity contribution in [1.29, 1.82) is 0 Å². The number of carboxylic acids is 1. The molecule has 0 saturated heterocycles. The third-order valence-electron chi connectivity index (χ3n) is 3.91. The molecular formula is C17H23N3O3. The van der Waals surface area contributed by atoms with Gasteiger partial charge in [0.25, 0.3) is 0 Å². The molecule has 5 N–H and O–H groups in total. The topological polar surface area (TPSA) is 111 Å². The maximum atomic E-state index is 12.4. The molecule has 23 heavy (non-hydrogen) atoms. The minimum Gasteiger partial charge on any atom is -0.480 e. The summed E-state index contributed by atoms with van der Waals surface area (Å²) in [4.78, 5) is 23.4. The van der Waals surface area contributed by atoms with Crippen molar-refractivity contribution in [1.82, 2.24) is 4.57 Å². The average molecular weight is 317 g/mol. The Morgan fingerprint density at radius 3 is 2.61 bits per heavy atom. The first-order chi connectivity index (χ1) is 11.0. The van der Waals surface area contributed by atoms with E-state index >= 15 is 0 Å². The number of nitrogens with two attached hydrogens (primary N) is 2. The Morgan fingerprint density at radius 2 is 1.91 bits per heavy atom. The molecule has 0 saturated carbocycles. The van der Waals surface area contributed by atoms with Crippen LogP contribution in [0.3, 0.4) is 0 Å². The summed E-state index contributed by atoms with van der Waals surface area (Å²) in [6.07, 6.45) is 5.01. The van der Waals surface area contributed by atoms with E-state index in [9.17, 15) is 9.59 Å². The van der Waals surface area contributed by atoms with Crippen LogP contribution in [0.4, 0.5) is 0 Å². The molecule has 6 heteroatoms. The molecule has 0 aliphatic heterocycles. The van der Waals surface area contributed by atoms with E-state index in [2.05, 4.69) is 0 Å². The maximum Gasteiger partial charge on any atom is 0.320 e. The van der Waals surface area contributed by atoms with E-state index in [-0.39, 0.29) is 12.3 Å². The zero-order chi connectivity index (χ0) is 16.8. The number of aliphatic carboxylic acids is 1. The summed E-state index contributed by atoms with van der Waals surface area (Å²) in [5, 5.41) is 9.86. The lowest BCUT2D eigenvalue weighted by Crippen LogP contribution is -2.32. The first kappa shape index (κ1) is 17.2. The quantitative estimate of drug-likeness (QED) is 0.642. The fraction of sp³-hybridized carbons (Fsp3) is 0.412. The Kier molecular flexibility index (Phi) is 5.90. The van der Waals surface area contributed by atoms with Crippen molar-refractivity contribution >= 4 is 22.8 Å². The van der Waals surface area contributed by atoms with Crippen LogP contribution < -0.4 is 11.5 Å². The van der Waals surface area contributed by atoms with E-state index in [0.717, 1.165) is 35.7 Å². The van der Waals surface area contributed by atoms with Crippen LogP contribution in [0.1, 0.15) is 36.0 Å². The number of para-hydroxylation sites is 1. The van der Waals surface area contributed by atoms with Crippen molar-refractivity contribution in [2.45, 2.75) is 38.1 Å². The zero-order valence-corrected chi connectivity index (χ0v) is 13.1. The Morgan fingerprint density at radius 1 is 1.17 bits per heavy atom. The van der Waals surface area contributed by atoms with Gasteiger partial charge in [0.1, 0.15) is 6.04 Å². The largest absolute Gasteiger partial charge is 0.480 e. The number of hydrogen-bond donors (Lipinski definition) is 3. The van der Waals surface area contributed by atoms with Gasteiger partial charge in [-0.2, -0.15) is 0 Å². The van der Waals surface area contributed by atoms with E-state index in [1.807, 2.05) is 24.3 Å². The average Bonchev–Trinajstić information content (AvgIpc) is 2.90. The van der Waals surface area contributed by atoms with Crippen molar-refractivity contribution in [3.05, 3.63) is 36.0 Å². The zero-order valence-electron chi connectivity index (χ0n) is 13.1. The van der Waals surface area contributed by atoms with E-state index in [1.165, 1.54) is 0 Å². The van der Waals surface area contributed by atoms with Crippen molar-refractivity contribution in [3.8, 4) is 0 Å². The highest BCUT2D eigenvalue weighted by Gasteiger charge is 2.18. The third kappa shape index (κ3) is 4.18. The number of fused-ring (bicyclic) bond motifs is 1. The Balaban J connectivity index is 2.23. The van der Waals surface area contributed by atoms with Gasteiger partial charge in [0.05, 0.1) is 5.52 Å². The molecule has 6 nitrogen and oxygen atoms in total. The number of carbonyl (C=O) groups is 2. The second-order valence-electron chi connectivity index (χ2n) is 5.68. The normalized spacial score (nSPS) is 12.4. The lowest BCUT2D eigenvalue weighted by atomic mass is 10.1. The smallest absolute Gasteiger partial charge is 0.320 e. The highest BCUT2D eigenvalue weighted by Crippen LogP contribution is 2.23. The lowest BCUT2D eigenvalue weighted by Gasteiger charge is -2.04. The predicted octanol–water partition coefficient (Wildman–Crippen LogP) is 1.76. The van der Waals surface area contributed by atoms with Crippen LogP contribution >= 0.6 is 0 Å². The summed E-state index contributed by atoms with van der Waals surface area (Å²) in [5.74, 6) is -1.04. The van der Waals surface area contributed by atoms with Crippen LogP contribution in [0, 0.1) is 0 Å². The van der Waals surface area contributed by atoms with Gasteiger partial charge in [0.2, 0.25) is 5.91 Å². The maximum absolute atomic E-state index is 12.4. The van der Waals surface area contributed by atoms with Crippen molar-refractivity contribution in [2.24, 2.45) is 11.5 Å². The number of benzene rings is 1.